The Morgan fingerprint density at radius 1 is 1.39 bits per heavy atom. The Labute approximate surface area is 143 Å². The summed E-state index contributed by atoms with van der Waals surface area (Å²) >= 11 is 5.34. The average Bonchev–Trinajstić information content (AvgIpc) is 2.51. The van der Waals surface area contributed by atoms with Crippen molar-refractivity contribution in [3.8, 4) is 6.07 Å². The molecule has 0 bridgehead atoms. The molecule has 122 valence electrons. The number of nitriles is 1. The van der Waals surface area contributed by atoms with Crippen LogP contribution >= 0.6 is 12.2 Å². The molecule has 1 fully saturated rings. The van der Waals surface area contributed by atoms with E-state index in [1.165, 1.54) is 0 Å². The van der Waals surface area contributed by atoms with Gasteiger partial charge in [0.1, 0.15) is 4.99 Å². The molecular formula is C18H23N3OS. The highest BCUT2D eigenvalue weighted by Crippen LogP contribution is 2.20. The number of amides is 1. The molecular weight excluding hydrogens is 306 g/mol. The summed E-state index contributed by atoms with van der Waals surface area (Å²) in [6, 6.07) is 8.02. The molecule has 1 heterocycles. The molecule has 1 aliphatic heterocycles. The van der Waals surface area contributed by atoms with Crippen LogP contribution in [-0.2, 0) is 4.79 Å². The number of carbonyl (C=O) groups excluding carboxylic acids is 1. The number of thiocarbonyl (C=S) groups is 1. The number of nitrogens with zero attached hydrogens (tertiary/aromatic N) is 2. The molecule has 0 aromatic heterocycles. The van der Waals surface area contributed by atoms with Crippen molar-refractivity contribution >= 4 is 28.8 Å². The minimum absolute atomic E-state index is 0.179. The number of aryl methyl sites for hydroxylation is 2. The second-order valence-corrected chi connectivity index (χ2v) is 6.82. The second kappa shape index (κ2) is 7.56. The van der Waals surface area contributed by atoms with Crippen molar-refractivity contribution < 1.29 is 4.79 Å². The molecule has 0 saturated carbocycles. The largest absolute Gasteiger partial charge is 0.348 e. The van der Waals surface area contributed by atoms with E-state index < -0.39 is 5.92 Å². The Morgan fingerprint density at radius 2 is 2.04 bits per heavy atom. The number of rotatable bonds is 3. The van der Waals surface area contributed by atoms with Crippen molar-refractivity contribution in [1.29, 1.82) is 5.26 Å². The first-order valence-corrected chi connectivity index (χ1v) is 8.39. The highest BCUT2D eigenvalue weighted by molar-refractivity contribution is 7.80. The van der Waals surface area contributed by atoms with Gasteiger partial charge in [-0.2, -0.15) is 5.26 Å². The minimum Gasteiger partial charge on any atom is -0.348 e. The van der Waals surface area contributed by atoms with Gasteiger partial charge in [0.2, 0.25) is 5.91 Å². The summed E-state index contributed by atoms with van der Waals surface area (Å²) in [5.74, 6) is -0.458. The molecule has 4 nitrogen and oxygen atoms in total. The van der Waals surface area contributed by atoms with Crippen LogP contribution in [0, 0.1) is 37.0 Å². The number of nitrogens with one attached hydrogen (secondary N) is 1. The van der Waals surface area contributed by atoms with Crippen molar-refractivity contribution in [2.24, 2.45) is 11.8 Å². The Bertz CT molecular complexity index is 642. The normalized spacial score (nSPS) is 16.5. The highest BCUT2D eigenvalue weighted by Gasteiger charge is 2.30. The number of anilines is 1. The van der Waals surface area contributed by atoms with Gasteiger partial charge in [-0.05, 0) is 44.2 Å². The van der Waals surface area contributed by atoms with Gasteiger partial charge in [-0.15, -0.1) is 0 Å². The maximum atomic E-state index is 12.6. The Hall–Kier alpha value is -1.93. The predicted octanol–water partition coefficient (Wildman–Crippen LogP) is 3.44. The Morgan fingerprint density at radius 3 is 2.61 bits per heavy atom. The number of piperidine rings is 1. The second-order valence-electron chi connectivity index (χ2n) is 6.38. The van der Waals surface area contributed by atoms with E-state index in [0.29, 0.717) is 19.0 Å². The standard InChI is InChI=1S/C18H23N3OS/c1-12-6-8-21(9-7-12)18(22)15(11-19)17(23)20-16-5-4-13(2)10-14(16)3/h4-5,10,12,15H,6-9H2,1-3H3,(H,20,23)/t15-/m0/s1. The molecule has 0 aliphatic carbocycles. The van der Waals surface area contributed by atoms with E-state index in [1.807, 2.05) is 32.0 Å². The summed E-state index contributed by atoms with van der Waals surface area (Å²) in [6.07, 6.45) is 1.97. The van der Waals surface area contributed by atoms with Crippen molar-refractivity contribution in [3.63, 3.8) is 0 Å². The Balaban J connectivity index is 2.06. The summed E-state index contributed by atoms with van der Waals surface area (Å²) in [5.41, 5.74) is 3.05. The van der Waals surface area contributed by atoms with E-state index >= 15 is 0 Å². The van der Waals surface area contributed by atoms with Gasteiger partial charge in [0, 0.05) is 18.8 Å². The van der Waals surface area contributed by atoms with Gasteiger partial charge in [-0.1, -0.05) is 36.8 Å². The van der Waals surface area contributed by atoms with Gasteiger partial charge in [0.05, 0.1) is 6.07 Å². The molecule has 1 amide bonds. The smallest absolute Gasteiger partial charge is 0.246 e. The van der Waals surface area contributed by atoms with E-state index in [1.54, 1.807) is 4.90 Å². The number of benzene rings is 1. The van der Waals surface area contributed by atoms with Crippen LogP contribution in [0.3, 0.4) is 0 Å². The summed E-state index contributed by atoms with van der Waals surface area (Å²) in [7, 11) is 0. The van der Waals surface area contributed by atoms with Crippen molar-refractivity contribution in [2.75, 3.05) is 18.4 Å². The SMILES string of the molecule is Cc1ccc(NC(=S)[C@H](C#N)C(=O)N2CCC(C)CC2)c(C)c1. The molecule has 2 rings (SSSR count). The number of likely N-dealkylation sites (tertiary alicyclic amines) is 1. The van der Waals surface area contributed by atoms with Crippen LogP contribution < -0.4 is 5.32 Å². The molecule has 0 spiro atoms. The van der Waals surface area contributed by atoms with Crippen LogP contribution in [0.1, 0.15) is 30.9 Å². The van der Waals surface area contributed by atoms with Crippen LogP contribution in [-0.4, -0.2) is 28.9 Å². The monoisotopic (exact) mass is 329 g/mol. The zero-order valence-electron chi connectivity index (χ0n) is 13.9. The third-order valence-electron chi connectivity index (χ3n) is 4.37. The van der Waals surface area contributed by atoms with Gasteiger partial charge in [0.25, 0.3) is 0 Å². The fourth-order valence-corrected chi connectivity index (χ4v) is 3.06. The van der Waals surface area contributed by atoms with Crippen LogP contribution in [0.4, 0.5) is 5.69 Å². The summed E-state index contributed by atoms with van der Waals surface area (Å²) in [4.78, 5) is 14.6. The highest BCUT2D eigenvalue weighted by atomic mass is 32.1. The van der Waals surface area contributed by atoms with E-state index in [4.69, 9.17) is 12.2 Å². The molecule has 1 aromatic rings. The van der Waals surface area contributed by atoms with E-state index in [2.05, 4.69) is 18.3 Å². The molecule has 0 unspecified atom stereocenters. The maximum absolute atomic E-state index is 12.6. The van der Waals surface area contributed by atoms with Gasteiger partial charge < -0.3 is 10.2 Å². The van der Waals surface area contributed by atoms with E-state index in [9.17, 15) is 10.1 Å². The molecule has 0 radical (unpaired) electrons. The van der Waals surface area contributed by atoms with Gasteiger partial charge >= 0.3 is 0 Å². The van der Waals surface area contributed by atoms with Gasteiger partial charge in [0.15, 0.2) is 5.92 Å². The summed E-state index contributed by atoms with van der Waals surface area (Å²) in [6.45, 7) is 7.62. The number of hydrogen-bond donors (Lipinski definition) is 1. The quantitative estimate of drug-likeness (QED) is 0.863. The van der Waals surface area contributed by atoms with Crippen LogP contribution in [0.5, 0.6) is 0 Å². The Kier molecular flexibility index (Phi) is 5.73. The third-order valence-corrected chi connectivity index (χ3v) is 4.71. The number of hydrogen-bond acceptors (Lipinski definition) is 3. The lowest BCUT2D eigenvalue weighted by molar-refractivity contribution is -0.133. The zero-order valence-corrected chi connectivity index (χ0v) is 14.7. The molecule has 1 N–H and O–H groups in total. The first-order chi connectivity index (χ1) is 10.9. The molecule has 1 aromatic carbocycles. The fraction of sp³-hybridized carbons (Fsp3) is 0.500. The number of carbonyl (C=O) groups is 1. The average molecular weight is 329 g/mol. The summed E-state index contributed by atoms with van der Waals surface area (Å²) < 4.78 is 0. The van der Waals surface area contributed by atoms with Crippen molar-refractivity contribution in [2.45, 2.75) is 33.6 Å². The molecule has 23 heavy (non-hydrogen) atoms. The summed E-state index contributed by atoms with van der Waals surface area (Å²) in [5, 5.41) is 12.5. The zero-order chi connectivity index (χ0) is 17.0. The fourth-order valence-electron chi connectivity index (χ4n) is 2.80. The lowest BCUT2D eigenvalue weighted by Crippen LogP contribution is -2.44. The van der Waals surface area contributed by atoms with Gasteiger partial charge in [-0.25, -0.2) is 0 Å². The third kappa shape index (κ3) is 4.29. The first kappa shape index (κ1) is 17.4. The van der Waals surface area contributed by atoms with Gasteiger partial charge in [-0.3, -0.25) is 4.79 Å². The van der Waals surface area contributed by atoms with E-state index in [0.717, 1.165) is 29.7 Å². The lowest BCUT2D eigenvalue weighted by Gasteiger charge is -2.31. The molecule has 1 saturated heterocycles. The topological polar surface area (TPSA) is 56.1 Å². The van der Waals surface area contributed by atoms with Crippen LogP contribution in [0.2, 0.25) is 0 Å². The minimum atomic E-state index is -0.917. The lowest BCUT2D eigenvalue weighted by atomic mass is 9.98. The van der Waals surface area contributed by atoms with Crippen molar-refractivity contribution in [3.05, 3.63) is 29.3 Å². The maximum Gasteiger partial charge on any atom is 0.246 e. The molecule has 1 atom stereocenters. The van der Waals surface area contributed by atoms with Crippen molar-refractivity contribution in [1.82, 2.24) is 4.90 Å². The first-order valence-electron chi connectivity index (χ1n) is 7.99. The van der Waals surface area contributed by atoms with Crippen LogP contribution in [0.25, 0.3) is 0 Å². The molecule has 1 aliphatic rings. The van der Waals surface area contributed by atoms with Crippen LogP contribution in [0.15, 0.2) is 18.2 Å². The predicted molar refractivity (Wildman–Crippen MR) is 96.2 cm³/mol. The van der Waals surface area contributed by atoms with E-state index in [-0.39, 0.29) is 10.9 Å². The molecule has 5 heteroatoms.